The molecule has 0 saturated carbocycles. The van der Waals surface area contributed by atoms with Crippen molar-refractivity contribution in [1.29, 1.82) is 0 Å². The van der Waals surface area contributed by atoms with E-state index in [9.17, 15) is 0 Å². The van der Waals surface area contributed by atoms with Crippen LogP contribution in [0.3, 0.4) is 0 Å². The SMILES string of the molecule is CNc1nc(-c2cscc2Br)nc(N2CCCCC2)n1. The van der Waals surface area contributed by atoms with Crippen molar-refractivity contribution in [3.63, 3.8) is 0 Å². The Balaban J connectivity index is 2.00. The van der Waals surface area contributed by atoms with Crippen molar-refractivity contribution in [2.75, 3.05) is 30.4 Å². The van der Waals surface area contributed by atoms with E-state index < -0.39 is 0 Å². The zero-order chi connectivity index (χ0) is 13.9. The summed E-state index contributed by atoms with van der Waals surface area (Å²) >= 11 is 5.18. The van der Waals surface area contributed by atoms with Gasteiger partial charge in [0, 0.05) is 40.9 Å². The van der Waals surface area contributed by atoms with E-state index in [0.717, 1.165) is 34.9 Å². The van der Waals surface area contributed by atoms with Gasteiger partial charge in [-0.15, -0.1) is 0 Å². The molecular weight excluding hydrogens is 338 g/mol. The lowest BCUT2D eigenvalue weighted by Crippen LogP contribution is -2.31. The molecule has 0 unspecified atom stereocenters. The lowest BCUT2D eigenvalue weighted by molar-refractivity contribution is 0.568. The molecule has 0 aromatic carbocycles. The molecule has 106 valence electrons. The van der Waals surface area contributed by atoms with Crippen LogP contribution < -0.4 is 10.2 Å². The first-order valence-electron chi connectivity index (χ1n) is 6.69. The van der Waals surface area contributed by atoms with E-state index in [2.05, 4.69) is 46.5 Å². The first kappa shape index (κ1) is 13.8. The maximum atomic E-state index is 4.65. The standard InChI is InChI=1S/C13H16BrN5S/c1-15-12-16-11(9-7-20-8-10(9)14)17-13(18-12)19-5-3-2-4-6-19/h7-8H,2-6H2,1H3,(H,15,16,17,18). The summed E-state index contributed by atoms with van der Waals surface area (Å²) in [7, 11) is 1.84. The van der Waals surface area contributed by atoms with Crippen LogP contribution in [0.2, 0.25) is 0 Å². The van der Waals surface area contributed by atoms with Crippen molar-refractivity contribution in [3.05, 3.63) is 15.2 Å². The molecule has 20 heavy (non-hydrogen) atoms. The molecule has 3 heterocycles. The molecule has 0 atom stereocenters. The average Bonchev–Trinajstić information content (AvgIpc) is 2.94. The molecule has 0 bridgehead atoms. The second-order valence-corrected chi connectivity index (χ2v) is 6.31. The summed E-state index contributed by atoms with van der Waals surface area (Å²) in [5, 5.41) is 7.12. The molecule has 1 aliphatic rings. The molecule has 2 aromatic rings. The van der Waals surface area contributed by atoms with Crippen molar-refractivity contribution in [1.82, 2.24) is 15.0 Å². The highest BCUT2D eigenvalue weighted by molar-refractivity contribution is 9.10. The fourth-order valence-corrected chi connectivity index (χ4v) is 3.72. The molecule has 0 aliphatic carbocycles. The fraction of sp³-hybridized carbons (Fsp3) is 0.462. The van der Waals surface area contributed by atoms with Crippen LogP contribution in [0.4, 0.5) is 11.9 Å². The predicted molar refractivity (Wildman–Crippen MR) is 86.5 cm³/mol. The van der Waals surface area contributed by atoms with Crippen molar-refractivity contribution in [3.8, 4) is 11.4 Å². The number of nitrogens with zero attached hydrogens (tertiary/aromatic N) is 4. The molecule has 1 N–H and O–H groups in total. The zero-order valence-electron chi connectivity index (χ0n) is 11.3. The molecule has 3 rings (SSSR count). The monoisotopic (exact) mass is 353 g/mol. The lowest BCUT2D eigenvalue weighted by Gasteiger charge is -2.26. The third-order valence-electron chi connectivity index (χ3n) is 3.34. The van der Waals surface area contributed by atoms with E-state index >= 15 is 0 Å². The molecule has 0 radical (unpaired) electrons. The van der Waals surface area contributed by atoms with Crippen LogP contribution in [0.1, 0.15) is 19.3 Å². The number of hydrogen-bond acceptors (Lipinski definition) is 6. The Morgan fingerprint density at radius 1 is 1.15 bits per heavy atom. The number of rotatable bonds is 3. The van der Waals surface area contributed by atoms with Crippen LogP contribution in [0.25, 0.3) is 11.4 Å². The topological polar surface area (TPSA) is 53.9 Å². The number of hydrogen-bond donors (Lipinski definition) is 1. The van der Waals surface area contributed by atoms with Gasteiger partial charge in [0.15, 0.2) is 5.82 Å². The highest BCUT2D eigenvalue weighted by Gasteiger charge is 2.17. The first-order valence-corrected chi connectivity index (χ1v) is 8.42. The van der Waals surface area contributed by atoms with E-state index in [-0.39, 0.29) is 0 Å². The Kier molecular flexibility index (Phi) is 4.16. The maximum absolute atomic E-state index is 4.65. The van der Waals surface area contributed by atoms with Crippen molar-refractivity contribution >= 4 is 39.2 Å². The van der Waals surface area contributed by atoms with E-state index in [0.29, 0.717) is 5.95 Å². The fourth-order valence-electron chi connectivity index (χ4n) is 2.27. The summed E-state index contributed by atoms with van der Waals surface area (Å²) in [4.78, 5) is 15.9. The van der Waals surface area contributed by atoms with Crippen molar-refractivity contribution < 1.29 is 0 Å². The third-order valence-corrected chi connectivity index (χ3v) is 5.04. The van der Waals surface area contributed by atoms with Gasteiger partial charge in [0.1, 0.15) is 0 Å². The van der Waals surface area contributed by atoms with Gasteiger partial charge in [0.2, 0.25) is 11.9 Å². The average molecular weight is 354 g/mol. The Bertz CT molecular complexity index is 594. The quantitative estimate of drug-likeness (QED) is 0.916. The van der Waals surface area contributed by atoms with Crippen LogP contribution in [0.15, 0.2) is 15.2 Å². The number of halogens is 1. The normalized spacial score (nSPS) is 15.4. The smallest absolute Gasteiger partial charge is 0.230 e. The van der Waals surface area contributed by atoms with Crippen molar-refractivity contribution in [2.24, 2.45) is 0 Å². The van der Waals surface area contributed by atoms with Gasteiger partial charge >= 0.3 is 0 Å². The summed E-state index contributed by atoms with van der Waals surface area (Å²) in [5.74, 6) is 2.11. The van der Waals surface area contributed by atoms with Crippen LogP contribution >= 0.6 is 27.3 Å². The van der Waals surface area contributed by atoms with Crippen LogP contribution in [0, 0.1) is 0 Å². The third kappa shape index (κ3) is 2.78. The minimum absolute atomic E-state index is 0.619. The van der Waals surface area contributed by atoms with Gasteiger partial charge in [-0.2, -0.15) is 26.3 Å². The highest BCUT2D eigenvalue weighted by atomic mass is 79.9. The van der Waals surface area contributed by atoms with Gasteiger partial charge in [0.25, 0.3) is 0 Å². The number of thiophene rings is 1. The first-order chi connectivity index (χ1) is 9.78. The zero-order valence-corrected chi connectivity index (χ0v) is 13.7. The Morgan fingerprint density at radius 2 is 1.95 bits per heavy atom. The minimum Gasteiger partial charge on any atom is -0.357 e. The molecule has 1 fully saturated rings. The summed E-state index contributed by atoms with van der Waals surface area (Å²) in [6.07, 6.45) is 3.71. The summed E-state index contributed by atoms with van der Waals surface area (Å²) in [6, 6.07) is 0. The molecule has 2 aromatic heterocycles. The molecule has 0 spiro atoms. The van der Waals surface area contributed by atoms with Crippen LogP contribution in [-0.4, -0.2) is 35.1 Å². The van der Waals surface area contributed by atoms with Gasteiger partial charge in [-0.25, -0.2) is 0 Å². The minimum atomic E-state index is 0.619. The molecule has 1 saturated heterocycles. The Morgan fingerprint density at radius 3 is 2.60 bits per heavy atom. The van der Waals surface area contributed by atoms with E-state index in [1.807, 2.05) is 12.4 Å². The second-order valence-electron chi connectivity index (χ2n) is 4.71. The number of aromatic nitrogens is 3. The van der Waals surface area contributed by atoms with Gasteiger partial charge in [-0.05, 0) is 35.2 Å². The lowest BCUT2D eigenvalue weighted by atomic mass is 10.1. The van der Waals surface area contributed by atoms with E-state index in [4.69, 9.17) is 0 Å². The largest absolute Gasteiger partial charge is 0.357 e. The number of anilines is 2. The molecule has 5 nitrogen and oxygen atoms in total. The predicted octanol–water partition coefficient (Wildman–Crippen LogP) is 3.39. The van der Waals surface area contributed by atoms with Gasteiger partial charge in [-0.1, -0.05) is 0 Å². The Labute approximate surface area is 130 Å². The number of nitrogens with one attached hydrogen (secondary N) is 1. The van der Waals surface area contributed by atoms with Crippen LogP contribution in [0.5, 0.6) is 0 Å². The van der Waals surface area contributed by atoms with Gasteiger partial charge in [-0.3, -0.25) is 0 Å². The Hall–Kier alpha value is -1.21. The van der Waals surface area contributed by atoms with E-state index in [1.54, 1.807) is 11.3 Å². The number of piperidine rings is 1. The summed E-state index contributed by atoms with van der Waals surface area (Å²) in [5.41, 5.74) is 1.02. The molecular formula is C13H16BrN5S. The van der Waals surface area contributed by atoms with E-state index in [1.165, 1.54) is 19.3 Å². The van der Waals surface area contributed by atoms with Gasteiger partial charge < -0.3 is 10.2 Å². The molecule has 0 amide bonds. The highest BCUT2D eigenvalue weighted by Crippen LogP contribution is 2.30. The van der Waals surface area contributed by atoms with Crippen molar-refractivity contribution in [2.45, 2.75) is 19.3 Å². The summed E-state index contributed by atoms with van der Waals surface area (Å²) < 4.78 is 1.03. The second kappa shape index (κ2) is 6.05. The molecule has 7 heteroatoms. The maximum Gasteiger partial charge on any atom is 0.230 e. The molecule has 1 aliphatic heterocycles. The van der Waals surface area contributed by atoms with Gasteiger partial charge in [0.05, 0.1) is 0 Å². The summed E-state index contributed by atoms with van der Waals surface area (Å²) in [6.45, 7) is 2.05. The van der Waals surface area contributed by atoms with Crippen LogP contribution in [-0.2, 0) is 0 Å².